The Morgan fingerprint density at radius 3 is 1.31 bits per heavy atom. The van der Waals surface area contributed by atoms with Crippen LogP contribution in [0.3, 0.4) is 0 Å². The predicted octanol–water partition coefficient (Wildman–Crippen LogP) is 22.9. The van der Waals surface area contributed by atoms with Crippen LogP contribution in [-0.2, 0) is 25.4 Å². The molecule has 103 heavy (non-hydrogen) atoms. The molecule has 2 heterocycles. The number of hydrogen-bond donors (Lipinski definition) is 0. The summed E-state index contributed by atoms with van der Waals surface area (Å²) in [6, 6.07) is 43.1. The van der Waals surface area contributed by atoms with Gasteiger partial charge in [-0.15, -0.1) is 0 Å². The van der Waals surface area contributed by atoms with Crippen molar-refractivity contribution in [3.05, 3.63) is 247 Å². The van der Waals surface area contributed by atoms with Gasteiger partial charge in [-0.1, -0.05) is 216 Å². The van der Waals surface area contributed by atoms with E-state index < -0.39 is 11.2 Å². The Labute approximate surface area is 617 Å². The summed E-state index contributed by atoms with van der Waals surface area (Å²) < 4.78 is 30.7. The first-order valence-corrected chi connectivity index (χ1v) is 37.1. The maximum Gasteiger partial charge on any atom is 0.172 e. The van der Waals surface area contributed by atoms with Crippen molar-refractivity contribution in [3.8, 4) is 41.8 Å². The van der Waals surface area contributed by atoms with Crippen molar-refractivity contribution >= 4 is 23.5 Å². The molecule has 0 spiro atoms. The molecule has 0 bridgehead atoms. The van der Waals surface area contributed by atoms with Crippen molar-refractivity contribution in [2.75, 3.05) is 57.3 Å². The zero-order valence-electron chi connectivity index (χ0n) is 64.1. The molecule has 4 aromatic rings. The van der Waals surface area contributed by atoms with Gasteiger partial charge in [0.1, 0.15) is 52.7 Å². The number of unbranched alkanes of at least 4 members (excludes halogenated alkanes) is 5. The number of hydrogen-bond acceptors (Lipinski definition) is 12. The zero-order chi connectivity index (χ0) is 74.7. The van der Waals surface area contributed by atoms with Crippen molar-refractivity contribution in [2.45, 2.75) is 191 Å². The van der Waals surface area contributed by atoms with Crippen LogP contribution in [-0.4, -0.2) is 47.5 Å². The van der Waals surface area contributed by atoms with Crippen LogP contribution in [0, 0.1) is 67.5 Å². The van der Waals surface area contributed by atoms with E-state index in [1.165, 1.54) is 53.8 Å². The van der Waals surface area contributed by atoms with E-state index in [1.807, 2.05) is 111 Å². The molecule has 0 saturated carbocycles. The molecule has 2 aliphatic carbocycles. The molecule has 12 heteroatoms. The van der Waals surface area contributed by atoms with Gasteiger partial charge in [0.25, 0.3) is 0 Å². The number of nitriles is 5. The van der Waals surface area contributed by atoms with Crippen LogP contribution in [0.5, 0.6) is 11.5 Å². The van der Waals surface area contributed by atoms with Crippen LogP contribution in [0.15, 0.2) is 224 Å². The van der Waals surface area contributed by atoms with E-state index in [0.717, 1.165) is 153 Å². The van der Waals surface area contributed by atoms with E-state index in [9.17, 15) is 26.3 Å². The predicted molar refractivity (Wildman–Crippen MR) is 421 cm³/mol. The molecule has 538 valence electrons. The molecule has 2 unspecified atom stereocenters. The third kappa shape index (κ3) is 20.1. The van der Waals surface area contributed by atoms with E-state index in [0.29, 0.717) is 22.5 Å². The monoisotopic (exact) mass is 1380 g/mol. The van der Waals surface area contributed by atoms with Gasteiger partial charge < -0.3 is 33.5 Å². The molecule has 2 aliphatic heterocycles. The van der Waals surface area contributed by atoms with Crippen LogP contribution in [0.2, 0.25) is 0 Å². The van der Waals surface area contributed by atoms with Gasteiger partial charge >= 0.3 is 0 Å². The van der Waals surface area contributed by atoms with E-state index in [4.69, 9.17) is 23.7 Å². The van der Waals surface area contributed by atoms with Crippen LogP contribution in [0.4, 0.5) is 11.4 Å². The first-order chi connectivity index (χ1) is 49.6. The van der Waals surface area contributed by atoms with Gasteiger partial charge in [-0.25, -0.2) is 0 Å². The van der Waals surface area contributed by atoms with Crippen molar-refractivity contribution < 1.29 is 23.7 Å². The lowest BCUT2D eigenvalue weighted by Crippen LogP contribution is -2.25. The highest BCUT2D eigenvalue weighted by Crippen LogP contribution is 2.50. The Morgan fingerprint density at radius 1 is 0.476 bits per heavy atom. The molecular formula is C91H109N7O5. The van der Waals surface area contributed by atoms with Gasteiger partial charge in [0, 0.05) is 72.0 Å². The highest BCUT2D eigenvalue weighted by molar-refractivity contribution is 5.69. The summed E-state index contributed by atoms with van der Waals surface area (Å²) >= 11 is 0. The summed E-state index contributed by atoms with van der Waals surface area (Å²) in [5.41, 5.74) is 12.6. The normalized spacial score (nSPS) is 19.8. The molecule has 0 radical (unpaired) electrons. The van der Waals surface area contributed by atoms with Gasteiger partial charge in [0.05, 0.1) is 33.0 Å². The topological polar surface area (TPSA) is 172 Å². The molecule has 12 nitrogen and oxygen atoms in total. The number of benzene rings is 4. The van der Waals surface area contributed by atoms with E-state index in [1.54, 1.807) is 28.3 Å². The lowest BCUT2D eigenvalue weighted by atomic mass is 9.70. The fraction of sp³-hybridized carbons (Fsp3) is 0.418. The van der Waals surface area contributed by atoms with Gasteiger partial charge in [0.15, 0.2) is 28.3 Å². The molecule has 2 atom stereocenters. The van der Waals surface area contributed by atoms with Crippen LogP contribution in [0.25, 0.3) is 12.2 Å². The number of methoxy groups -OCH3 is 3. The molecular weight excluding hydrogens is 1270 g/mol. The third-order valence-corrected chi connectivity index (χ3v) is 19.8. The minimum atomic E-state index is -1.08. The number of rotatable bonds is 30. The first-order valence-electron chi connectivity index (χ1n) is 37.1. The summed E-state index contributed by atoms with van der Waals surface area (Å²) in [6.45, 7) is 30.1. The molecule has 4 aromatic carbocycles. The van der Waals surface area contributed by atoms with Crippen molar-refractivity contribution in [2.24, 2.45) is 10.8 Å². The first kappa shape index (κ1) is 80.1. The second kappa shape index (κ2) is 38.2. The summed E-state index contributed by atoms with van der Waals surface area (Å²) in [5, 5.41) is 49.5. The Morgan fingerprint density at radius 2 is 0.893 bits per heavy atom. The van der Waals surface area contributed by atoms with Crippen LogP contribution >= 0.6 is 0 Å². The minimum Gasteiger partial charge on any atom is -0.496 e. The maximum absolute atomic E-state index is 10.3. The molecule has 8 rings (SSSR count). The SMILES string of the molecule is CCCCC1=C(/C=C/c2ccc(N(CCCC)CCCC)cc2OC)CC(C)(C)C/C1=C\C=C\C1=C(C#N)C(=C(/C)C#N)/OC1(C)c1ccccc1.CCCCN(CCCC)c1ccc(/C=C/C2=C(OC)C(=C/C=C/C3=C(C#N)C(=C(C#N)C#N)OC3(C)c3ccccc3)/CC(C)(C)C2)c(OC)c1. The quantitative estimate of drug-likeness (QED) is 0.0453. The van der Waals surface area contributed by atoms with Gasteiger partial charge in [0.2, 0.25) is 0 Å². The fourth-order valence-electron chi connectivity index (χ4n) is 14.2. The molecule has 0 aromatic heterocycles. The number of anilines is 2. The number of ether oxygens (including phenoxy) is 5. The van der Waals surface area contributed by atoms with Crippen molar-refractivity contribution in [3.63, 3.8) is 0 Å². The molecule has 0 amide bonds. The molecule has 0 N–H and O–H groups in total. The summed E-state index contributed by atoms with van der Waals surface area (Å²) in [5.74, 6) is 2.91. The molecule has 0 saturated heterocycles. The van der Waals surface area contributed by atoms with E-state index in [2.05, 4.69) is 163 Å². The maximum atomic E-state index is 10.3. The van der Waals surface area contributed by atoms with Gasteiger partial charge in [-0.3, -0.25) is 0 Å². The van der Waals surface area contributed by atoms with Gasteiger partial charge in [-0.2, -0.15) is 26.3 Å². The lowest BCUT2D eigenvalue weighted by Gasteiger charge is -2.34. The fourth-order valence-corrected chi connectivity index (χ4v) is 14.2. The standard InChI is InChI=1S/C47H59N3O2.C44H50N4O3/c1-9-12-22-41-37(19-18-23-43-42(34-49)45(35(4)33-48)52-47(43,7)39-20-16-15-17-21-39)31-46(5,6)32-38(41)25-24-36-26-27-40(30-44(36)51-8)50(28-13-10-2)29-14-11-3;1-8-10-24-48(25-11-9-2)37-23-22-32(40(26-37)49-6)20-21-34-28-43(3,4)27-33(41(34)50-7)16-15-19-39-38(31-47)42(35(29-45)30-46)51-44(39,5)36-17-13-12-14-18-36/h15-21,23-27,30H,9-14,22,28-29,31-32H2,1-8H3;12-23,26H,8-11,24-25,27-28H2,1-7H3/b23-18+,25-24+,37-19+,45-35+;19-15+,21-20+,33-16+. The third-order valence-electron chi connectivity index (χ3n) is 19.8. The second-order valence-electron chi connectivity index (χ2n) is 29.0. The molecule has 4 aliphatic rings. The van der Waals surface area contributed by atoms with Crippen LogP contribution in [0.1, 0.15) is 202 Å². The Balaban J connectivity index is 0.000000288. The van der Waals surface area contributed by atoms with Crippen molar-refractivity contribution in [1.82, 2.24) is 0 Å². The van der Waals surface area contributed by atoms with Gasteiger partial charge in [-0.05, 0) is 159 Å². The van der Waals surface area contributed by atoms with E-state index >= 15 is 0 Å². The molecule has 0 fully saturated rings. The van der Waals surface area contributed by atoms with E-state index in [-0.39, 0.29) is 27.7 Å². The highest BCUT2D eigenvalue weighted by Gasteiger charge is 2.45. The lowest BCUT2D eigenvalue weighted by molar-refractivity contribution is 0.0749. The van der Waals surface area contributed by atoms with Crippen molar-refractivity contribution in [1.29, 1.82) is 26.3 Å². The zero-order valence-corrected chi connectivity index (χ0v) is 64.1. The largest absolute Gasteiger partial charge is 0.496 e. The average Bonchev–Trinajstić information content (AvgIpc) is 1.62. The Hall–Kier alpha value is -10.2. The summed E-state index contributed by atoms with van der Waals surface area (Å²) in [6.07, 6.45) is 37.1. The Bertz CT molecular complexity index is 4230. The average molecular weight is 1380 g/mol. The highest BCUT2D eigenvalue weighted by atomic mass is 16.5. The summed E-state index contributed by atoms with van der Waals surface area (Å²) in [7, 11) is 5.19. The number of allylic oxidation sites excluding steroid dienone is 15. The van der Waals surface area contributed by atoms with Crippen LogP contribution < -0.4 is 19.3 Å². The smallest absolute Gasteiger partial charge is 0.172 e. The minimum absolute atomic E-state index is 0.00273. The Kier molecular flexibility index (Phi) is 29.7. The number of nitrogens with zero attached hydrogens (tertiary/aromatic N) is 7. The second-order valence-corrected chi connectivity index (χ2v) is 29.0. The summed E-state index contributed by atoms with van der Waals surface area (Å²) in [4.78, 5) is 4.96.